The van der Waals surface area contributed by atoms with Gasteiger partial charge in [0.05, 0.1) is 10.8 Å². The van der Waals surface area contributed by atoms with Gasteiger partial charge in [0.25, 0.3) is 0 Å². The summed E-state index contributed by atoms with van der Waals surface area (Å²) in [6.07, 6.45) is 4.74. The Balaban J connectivity index is 1.84. The molecule has 0 spiro atoms. The van der Waals surface area contributed by atoms with Crippen LogP contribution in [-0.4, -0.2) is 26.6 Å². The summed E-state index contributed by atoms with van der Waals surface area (Å²) in [6, 6.07) is 5.03. The van der Waals surface area contributed by atoms with Crippen molar-refractivity contribution in [2.75, 3.05) is 11.1 Å². The maximum absolute atomic E-state index is 11.6. The van der Waals surface area contributed by atoms with Crippen molar-refractivity contribution < 1.29 is 4.79 Å². The van der Waals surface area contributed by atoms with Crippen molar-refractivity contribution in [3.8, 4) is 0 Å². The molecular formula is C11H9ClN4OS. The number of nitrogens with zero attached hydrogens (tertiary/aromatic N) is 3. The maximum Gasteiger partial charge on any atom is 0.236 e. The van der Waals surface area contributed by atoms with Crippen molar-refractivity contribution in [3.05, 3.63) is 41.8 Å². The van der Waals surface area contributed by atoms with Crippen LogP contribution in [0.3, 0.4) is 0 Å². The number of pyridine rings is 1. The van der Waals surface area contributed by atoms with Gasteiger partial charge in [-0.25, -0.2) is 15.0 Å². The number of hydrogen-bond donors (Lipinski definition) is 1. The maximum atomic E-state index is 11.6. The Morgan fingerprint density at radius 3 is 2.72 bits per heavy atom. The van der Waals surface area contributed by atoms with Crippen LogP contribution in [0.2, 0.25) is 5.02 Å². The van der Waals surface area contributed by atoms with E-state index in [4.69, 9.17) is 11.6 Å². The van der Waals surface area contributed by atoms with Gasteiger partial charge in [-0.2, -0.15) is 0 Å². The molecule has 1 amide bonds. The molecular weight excluding hydrogens is 272 g/mol. The minimum absolute atomic E-state index is 0.165. The molecule has 2 heterocycles. The van der Waals surface area contributed by atoms with Gasteiger partial charge in [-0.3, -0.25) is 4.79 Å². The molecule has 2 aromatic rings. The van der Waals surface area contributed by atoms with Gasteiger partial charge in [-0.1, -0.05) is 23.4 Å². The first-order valence-corrected chi connectivity index (χ1v) is 6.41. The molecule has 1 N–H and O–H groups in total. The molecule has 0 saturated carbocycles. The zero-order valence-corrected chi connectivity index (χ0v) is 10.8. The summed E-state index contributed by atoms with van der Waals surface area (Å²) in [5, 5.41) is 3.75. The van der Waals surface area contributed by atoms with Crippen LogP contribution < -0.4 is 5.32 Å². The first-order chi connectivity index (χ1) is 8.74. The lowest BCUT2D eigenvalue weighted by Crippen LogP contribution is -2.15. The minimum Gasteiger partial charge on any atom is -0.310 e. The van der Waals surface area contributed by atoms with Crippen LogP contribution in [0.5, 0.6) is 0 Å². The third kappa shape index (κ3) is 3.97. The molecule has 92 valence electrons. The van der Waals surface area contributed by atoms with Crippen LogP contribution in [0.15, 0.2) is 41.9 Å². The molecule has 0 saturated heterocycles. The van der Waals surface area contributed by atoms with E-state index in [9.17, 15) is 4.79 Å². The largest absolute Gasteiger partial charge is 0.310 e. The molecule has 0 atom stereocenters. The van der Waals surface area contributed by atoms with Crippen LogP contribution in [0.25, 0.3) is 0 Å². The van der Waals surface area contributed by atoms with Gasteiger partial charge in [0.15, 0.2) is 5.16 Å². The van der Waals surface area contributed by atoms with E-state index in [1.807, 2.05) is 0 Å². The SMILES string of the molecule is O=C(CSc1ncccn1)Nc1ccc(Cl)cn1. The Morgan fingerprint density at radius 1 is 1.28 bits per heavy atom. The van der Waals surface area contributed by atoms with Crippen LogP contribution in [-0.2, 0) is 4.79 Å². The van der Waals surface area contributed by atoms with E-state index in [1.165, 1.54) is 18.0 Å². The van der Waals surface area contributed by atoms with Crippen molar-refractivity contribution in [2.24, 2.45) is 0 Å². The van der Waals surface area contributed by atoms with Gasteiger partial charge >= 0.3 is 0 Å². The summed E-state index contributed by atoms with van der Waals surface area (Å²) in [6.45, 7) is 0. The Kier molecular flexibility index (Phi) is 4.49. The lowest BCUT2D eigenvalue weighted by Gasteiger charge is -2.03. The number of hydrogen-bond acceptors (Lipinski definition) is 5. The Bertz CT molecular complexity index is 520. The summed E-state index contributed by atoms with van der Waals surface area (Å²) < 4.78 is 0. The van der Waals surface area contributed by atoms with E-state index in [1.54, 1.807) is 30.6 Å². The van der Waals surface area contributed by atoms with Crippen molar-refractivity contribution in [2.45, 2.75) is 5.16 Å². The number of anilines is 1. The zero-order valence-electron chi connectivity index (χ0n) is 9.21. The molecule has 0 fully saturated rings. The topological polar surface area (TPSA) is 67.8 Å². The lowest BCUT2D eigenvalue weighted by atomic mass is 10.4. The molecule has 0 bridgehead atoms. The second kappa shape index (κ2) is 6.32. The Labute approximate surface area is 113 Å². The summed E-state index contributed by atoms with van der Waals surface area (Å²) in [5.41, 5.74) is 0. The molecule has 0 aliphatic carbocycles. The minimum atomic E-state index is -0.165. The average Bonchev–Trinajstić information content (AvgIpc) is 2.40. The molecule has 0 aromatic carbocycles. The van der Waals surface area contributed by atoms with Crippen LogP contribution in [0.1, 0.15) is 0 Å². The number of carbonyl (C=O) groups excluding carboxylic acids is 1. The quantitative estimate of drug-likeness (QED) is 0.687. The Morgan fingerprint density at radius 2 is 2.06 bits per heavy atom. The highest BCUT2D eigenvalue weighted by atomic mass is 35.5. The van der Waals surface area contributed by atoms with Gasteiger partial charge < -0.3 is 5.32 Å². The van der Waals surface area contributed by atoms with Crippen molar-refractivity contribution in [1.29, 1.82) is 0 Å². The van der Waals surface area contributed by atoms with Crippen LogP contribution >= 0.6 is 23.4 Å². The molecule has 0 aliphatic heterocycles. The highest BCUT2D eigenvalue weighted by Gasteiger charge is 2.05. The molecule has 7 heteroatoms. The highest BCUT2D eigenvalue weighted by molar-refractivity contribution is 7.99. The standard InChI is InChI=1S/C11H9ClN4OS/c12-8-2-3-9(15-6-8)16-10(17)7-18-11-13-4-1-5-14-11/h1-6H,7H2,(H,15,16,17). The lowest BCUT2D eigenvalue weighted by molar-refractivity contribution is -0.113. The van der Waals surface area contributed by atoms with Gasteiger partial charge in [0.2, 0.25) is 5.91 Å². The fourth-order valence-electron chi connectivity index (χ4n) is 1.12. The number of carbonyl (C=O) groups is 1. The van der Waals surface area contributed by atoms with Crippen LogP contribution in [0, 0.1) is 0 Å². The van der Waals surface area contributed by atoms with Gasteiger partial charge in [0.1, 0.15) is 5.82 Å². The predicted molar refractivity (Wildman–Crippen MR) is 70.6 cm³/mol. The first-order valence-electron chi connectivity index (χ1n) is 5.05. The number of nitrogens with one attached hydrogen (secondary N) is 1. The number of thioether (sulfide) groups is 1. The molecule has 2 rings (SSSR count). The van der Waals surface area contributed by atoms with Crippen molar-refractivity contribution >= 4 is 35.1 Å². The molecule has 5 nitrogen and oxygen atoms in total. The van der Waals surface area contributed by atoms with E-state index >= 15 is 0 Å². The predicted octanol–water partition coefficient (Wildman–Crippen LogP) is 2.26. The molecule has 0 radical (unpaired) electrons. The van der Waals surface area contributed by atoms with Gasteiger partial charge in [0, 0.05) is 18.6 Å². The third-order valence-corrected chi connectivity index (χ3v) is 2.97. The van der Waals surface area contributed by atoms with Crippen molar-refractivity contribution in [1.82, 2.24) is 15.0 Å². The summed E-state index contributed by atoms with van der Waals surface area (Å²) >= 11 is 6.96. The number of aromatic nitrogens is 3. The monoisotopic (exact) mass is 280 g/mol. The first kappa shape index (κ1) is 12.8. The molecule has 0 aliphatic rings. The van der Waals surface area contributed by atoms with E-state index in [0.717, 1.165) is 0 Å². The van der Waals surface area contributed by atoms with E-state index in [0.29, 0.717) is 16.0 Å². The Hall–Kier alpha value is -1.66. The number of rotatable bonds is 4. The summed E-state index contributed by atoms with van der Waals surface area (Å²) in [4.78, 5) is 23.6. The van der Waals surface area contributed by atoms with E-state index < -0.39 is 0 Å². The molecule has 0 unspecified atom stereocenters. The fraction of sp³-hybridized carbons (Fsp3) is 0.0909. The average molecular weight is 281 g/mol. The second-order valence-corrected chi connectivity index (χ2v) is 4.61. The number of halogens is 1. The van der Waals surface area contributed by atoms with Crippen molar-refractivity contribution in [3.63, 3.8) is 0 Å². The van der Waals surface area contributed by atoms with E-state index in [-0.39, 0.29) is 11.7 Å². The van der Waals surface area contributed by atoms with Gasteiger partial charge in [-0.15, -0.1) is 0 Å². The molecule has 18 heavy (non-hydrogen) atoms. The second-order valence-electron chi connectivity index (χ2n) is 3.23. The molecule has 2 aromatic heterocycles. The number of amides is 1. The smallest absolute Gasteiger partial charge is 0.236 e. The van der Waals surface area contributed by atoms with Crippen LogP contribution in [0.4, 0.5) is 5.82 Å². The van der Waals surface area contributed by atoms with Gasteiger partial charge in [-0.05, 0) is 18.2 Å². The summed E-state index contributed by atoms with van der Waals surface area (Å²) in [5.74, 6) is 0.537. The zero-order chi connectivity index (χ0) is 12.8. The fourth-order valence-corrected chi connectivity index (χ4v) is 1.83. The third-order valence-electron chi connectivity index (χ3n) is 1.87. The highest BCUT2D eigenvalue weighted by Crippen LogP contribution is 2.13. The van der Waals surface area contributed by atoms with E-state index in [2.05, 4.69) is 20.3 Å². The summed E-state index contributed by atoms with van der Waals surface area (Å²) in [7, 11) is 0. The normalized spacial score (nSPS) is 10.1.